The van der Waals surface area contributed by atoms with Crippen molar-refractivity contribution >= 4 is 0 Å². The van der Waals surface area contributed by atoms with Crippen LogP contribution in [-0.2, 0) is 6.54 Å². The minimum absolute atomic E-state index is 0.356. The van der Waals surface area contributed by atoms with Crippen molar-refractivity contribution in [1.29, 1.82) is 0 Å². The molecule has 2 aliphatic rings. The monoisotopic (exact) mass is 262 g/mol. The molecule has 0 bridgehead atoms. The molecule has 0 aromatic heterocycles. The highest BCUT2D eigenvalue weighted by Crippen LogP contribution is 2.32. The highest BCUT2D eigenvalue weighted by molar-refractivity contribution is 5.44. The molecule has 0 radical (unpaired) electrons. The topological polar surface area (TPSA) is 24.9 Å². The molecule has 4 nitrogen and oxygen atoms in total. The van der Waals surface area contributed by atoms with Crippen LogP contribution in [0.1, 0.15) is 18.9 Å². The van der Waals surface area contributed by atoms with Gasteiger partial charge in [-0.25, -0.2) is 0 Å². The summed E-state index contributed by atoms with van der Waals surface area (Å²) < 4.78 is 10.8. The fourth-order valence-corrected chi connectivity index (χ4v) is 2.78. The van der Waals surface area contributed by atoms with Gasteiger partial charge in [0.2, 0.25) is 6.79 Å². The van der Waals surface area contributed by atoms with Gasteiger partial charge >= 0.3 is 0 Å². The van der Waals surface area contributed by atoms with Crippen LogP contribution in [0.2, 0.25) is 0 Å². The SMILES string of the molecule is CCCN1CCN(Cc2ccc3c(c2)OCO3)CC1. The summed E-state index contributed by atoms with van der Waals surface area (Å²) in [4.78, 5) is 5.07. The van der Waals surface area contributed by atoms with Crippen molar-refractivity contribution in [3.63, 3.8) is 0 Å². The van der Waals surface area contributed by atoms with E-state index in [0.717, 1.165) is 31.1 Å². The van der Waals surface area contributed by atoms with Crippen LogP contribution in [0.25, 0.3) is 0 Å². The van der Waals surface area contributed by atoms with Gasteiger partial charge in [0, 0.05) is 32.7 Å². The predicted molar refractivity (Wildman–Crippen MR) is 74.6 cm³/mol. The van der Waals surface area contributed by atoms with Gasteiger partial charge in [-0.3, -0.25) is 4.90 Å². The lowest BCUT2D eigenvalue weighted by Gasteiger charge is -2.34. The first-order valence-electron chi connectivity index (χ1n) is 7.18. The Bertz CT molecular complexity index is 428. The normalized spacial score (nSPS) is 19.8. The van der Waals surface area contributed by atoms with Crippen molar-refractivity contribution < 1.29 is 9.47 Å². The standard InChI is InChI=1S/C15H22N2O2/c1-2-5-16-6-8-17(9-7-16)11-13-3-4-14-15(10-13)19-12-18-14/h3-4,10H,2,5-9,11-12H2,1H3. The Morgan fingerprint density at radius 1 is 1.00 bits per heavy atom. The predicted octanol–water partition coefficient (Wildman–Crippen LogP) is 1.94. The van der Waals surface area contributed by atoms with E-state index in [9.17, 15) is 0 Å². The van der Waals surface area contributed by atoms with Gasteiger partial charge in [0.05, 0.1) is 0 Å². The van der Waals surface area contributed by atoms with E-state index in [1.165, 1.54) is 31.6 Å². The number of ether oxygens (including phenoxy) is 2. The van der Waals surface area contributed by atoms with Crippen molar-refractivity contribution in [2.75, 3.05) is 39.5 Å². The summed E-state index contributed by atoms with van der Waals surface area (Å²) >= 11 is 0. The molecule has 1 aromatic rings. The first kappa shape index (κ1) is 12.8. The van der Waals surface area contributed by atoms with Crippen LogP contribution in [0.4, 0.5) is 0 Å². The van der Waals surface area contributed by atoms with Crippen LogP contribution in [0.15, 0.2) is 18.2 Å². The summed E-state index contributed by atoms with van der Waals surface area (Å²) in [5, 5.41) is 0. The molecule has 0 saturated carbocycles. The number of piperazine rings is 1. The summed E-state index contributed by atoms with van der Waals surface area (Å²) in [7, 11) is 0. The molecule has 4 heteroatoms. The lowest BCUT2D eigenvalue weighted by Crippen LogP contribution is -2.45. The molecule has 1 fully saturated rings. The summed E-state index contributed by atoms with van der Waals surface area (Å²) in [5.41, 5.74) is 1.31. The van der Waals surface area contributed by atoms with E-state index < -0.39 is 0 Å². The van der Waals surface area contributed by atoms with Gasteiger partial charge in [0.25, 0.3) is 0 Å². The average Bonchev–Trinajstić information content (AvgIpc) is 2.89. The zero-order chi connectivity index (χ0) is 13.1. The zero-order valence-corrected chi connectivity index (χ0v) is 11.6. The zero-order valence-electron chi connectivity index (χ0n) is 11.6. The molecule has 1 aromatic carbocycles. The number of hydrogen-bond acceptors (Lipinski definition) is 4. The van der Waals surface area contributed by atoms with Gasteiger partial charge in [0.15, 0.2) is 11.5 Å². The van der Waals surface area contributed by atoms with E-state index in [4.69, 9.17) is 9.47 Å². The van der Waals surface area contributed by atoms with Crippen molar-refractivity contribution in [2.24, 2.45) is 0 Å². The van der Waals surface area contributed by atoms with Gasteiger partial charge in [0.1, 0.15) is 0 Å². The first-order valence-corrected chi connectivity index (χ1v) is 7.18. The molecule has 0 aliphatic carbocycles. The summed E-state index contributed by atoms with van der Waals surface area (Å²) in [6.07, 6.45) is 1.25. The number of rotatable bonds is 4. The van der Waals surface area contributed by atoms with Crippen LogP contribution in [0.3, 0.4) is 0 Å². The minimum atomic E-state index is 0.356. The molecule has 2 heterocycles. The summed E-state index contributed by atoms with van der Waals surface area (Å²) in [6, 6.07) is 6.28. The molecular weight excluding hydrogens is 240 g/mol. The number of hydrogen-bond donors (Lipinski definition) is 0. The maximum Gasteiger partial charge on any atom is 0.231 e. The Balaban J connectivity index is 1.55. The lowest BCUT2D eigenvalue weighted by molar-refractivity contribution is 0.127. The van der Waals surface area contributed by atoms with Crippen molar-refractivity contribution in [3.05, 3.63) is 23.8 Å². The third kappa shape index (κ3) is 3.01. The second-order valence-electron chi connectivity index (χ2n) is 5.31. The smallest absolute Gasteiger partial charge is 0.231 e. The second-order valence-corrected chi connectivity index (χ2v) is 5.31. The number of benzene rings is 1. The van der Waals surface area contributed by atoms with Crippen LogP contribution >= 0.6 is 0 Å². The maximum absolute atomic E-state index is 5.43. The second kappa shape index (κ2) is 5.80. The van der Waals surface area contributed by atoms with E-state index in [0.29, 0.717) is 6.79 Å². The number of nitrogens with zero attached hydrogens (tertiary/aromatic N) is 2. The first-order chi connectivity index (χ1) is 9.35. The molecule has 0 amide bonds. The van der Waals surface area contributed by atoms with E-state index >= 15 is 0 Å². The molecule has 0 unspecified atom stereocenters. The van der Waals surface area contributed by atoms with Gasteiger partial charge in [-0.15, -0.1) is 0 Å². The molecule has 19 heavy (non-hydrogen) atoms. The van der Waals surface area contributed by atoms with Gasteiger partial charge in [-0.1, -0.05) is 13.0 Å². The Kier molecular flexibility index (Phi) is 3.89. The quantitative estimate of drug-likeness (QED) is 0.828. The molecule has 104 valence electrons. The Morgan fingerprint density at radius 3 is 2.53 bits per heavy atom. The van der Waals surface area contributed by atoms with Crippen LogP contribution in [-0.4, -0.2) is 49.3 Å². The van der Waals surface area contributed by atoms with Crippen LogP contribution in [0, 0.1) is 0 Å². The fraction of sp³-hybridized carbons (Fsp3) is 0.600. The van der Waals surface area contributed by atoms with Crippen LogP contribution < -0.4 is 9.47 Å². The third-order valence-corrected chi connectivity index (χ3v) is 3.85. The maximum atomic E-state index is 5.43. The van der Waals surface area contributed by atoms with Crippen molar-refractivity contribution in [3.8, 4) is 11.5 Å². The molecule has 0 N–H and O–H groups in total. The fourth-order valence-electron chi connectivity index (χ4n) is 2.78. The molecule has 0 atom stereocenters. The van der Waals surface area contributed by atoms with Gasteiger partial charge in [-0.05, 0) is 30.7 Å². The molecule has 0 spiro atoms. The average molecular weight is 262 g/mol. The summed E-state index contributed by atoms with van der Waals surface area (Å²) in [5.74, 6) is 1.76. The van der Waals surface area contributed by atoms with Crippen molar-refractivity contribution in [2.45, 2.75) is 19.9 Å². The highest BCUT2D eigenvalue weighted by Gasteiger charge is 2.18. The van der Waals surface area contributed by atoms with E-state index in [1.807, 2.05) is 6.07 Å². The number of fused-ring (bicyclic) bond motifs is 1. The molecule has 3 rings (SSSR count). The van der Waals surface area contributed by atoms with E-state index in [-0.39, 0.29) is 0 Å². The highest BCUT2D eigenvalue weighted by atomic mass is 16.7. The Morgan fingerprint density at radius 2 is 1.74 bits per heavy atom. The minimum Gasteiger partial charge on any atom is -0.454 e. The van der Waals surface area contributed by atoms with Gasteiger partial charge < -0.3 is 14.4 Å². The lowest BCUT2D eigenvalue weighted by atomic mass is 10.1. The van der Waals surface area contributed by atoms with Gasteiger partial charge in [-0.2, -0.15) is 0 Å². The summed E-state index contributed by atoms with van der Waals surface area (Å²) in [6.45, 7) is 9.56. The largest absolute Gasteiger partial charge is 0.454 e. The Labute approximate surface area is 114 Å². The van der Waals surface area contributed by atoms with E-state index in [1.54, 1.807) is 0 Å². The van der Waals surface area contributed by atoms with Crippen LogP contribution in [0.5, 0.6) is 11.5 Å². The molecule has 2 aliphatic heterocycles. The molecular formula is C15H22N2O2. The van der Waals surface area contributed by atoms with E-state index in [2.05, 4.69) is 28.9 Å². The Hall–Kier alpha value is -1.26. The van der Waals surface area contributed by atoms with Crippen molar-refractivity contribution in [1.82, 2.24) is 9.80 Å². The molecule has 1 saturated heterocycles. The third-order valence-electron chi connectivity index (χ3n) is 3.85.